The molecule has 7 N–H and O–H groups in total. The number of fused-ring (bicyclic) bond motifs is 1. The Bertz CT molecular complexity index is 1130. The Balaban J connectivity index is 1.67. The summed E-state index contributed by atoms with van der Waals surface area (Å²) >= 11 is 0. The molecular formula is C11H18N8O11P3+. The van der Waals surface area contributed by atoms with Gasteiger partial charge in [0, 0.05) is 11.3 Å². The molecule has 1 aliphatic heterocycles. The fourth-order valence-electron chi connectivity index (χ4n) is 2.85. The second kappa shape index (κ2) is 10.6. The average Bonchev–Trinajstić information content (AvgIpc) is 3.27. The number of azide groups is 1. The normalized spacial score (nSPS) is 21.8. The molecule has 0 radical (unpaired) electrons. The molecule has 1 saturated heterocycles. The van der Waals surface area contributed by atoms with Crippen LogP contribution in [0.2, 0.25) is 0 Å². The molecule has 0 aliphatic carbocycles. The van der Waals surface area contributed by atoms with Crippen molar-refractivity contribution in [3.63, 3.8) is 0 Å². The highest BCUT2D eigenvalue weighted by atomic mass is 31.3. The summed E-state index contributed by atoms with van der Waals surface area (Å²) in [6.45, 7) is -0.561. The van der Waals surface area contributed by atoms with E-state index < -0.39 is 49.0 Å². The number of phosphoric acid groups is 1. The number of hydrogen-bond acceptors (Lipinski definition) is 13. The molecule has 4 atom stereocenters. The number of aromatic amines is 1. The highest BCUT2D eigenvalue weighted by Crippen LogP contribution is 2.66. The van der Waals surface area contributed by atoms with E-state index in [1.54, 1.807) is 0 Å². The molecule has 0 amide bonds. The van der Waals surface area contributed by atoms with Crippen LogP contribution in [0.15, 0.2) is 16.2 Å². The largest absolute Gasteiger partial charge is 0.585 e. The van der Waals surface area contributed by atoms with Crippen LogP contribution < -0.4 is 11.3 Å². The van der Waals surface area contributed by atoms with Gasteiger partial charge in [0.15, 0.2) is 11.2 Å². The van der Waals surface area contributed by atoms with E-state index in [0.717, 1.165) is 0 Å². The topological polar surface area (TPSA) is 282 Å². The lowest BCUT2D eigenvalue weighted by atomic mass is 10.2. The van der Waals surface area contributed by atoms with Crippen LogP contribution in [0.4, 0.5) is 5.95 Å². The van der Waals surface area contributed by atoms with Crippen molar-refractivity contribution in [1.82, 2.24) is 19.5 Å². The van der Waals surface area contributed by atoms with Crippen molar-refractivity contribution in [3.05, 3.63) is 27.1 Å². The first-order valence-electron chi connectivity index (χ1n) is 8.66. The lowest BCUT2D eigenvalue weighted by Crippen LogP contribution is -2.28. The molecule has 19 nitrogen and oxygen atoms in total. The number of nitrogens with two attached hydrogens (primary N) is 1. The van der Waals surface area contributed by atoms with Crippen LogP contribution in [0.25, 0.3) is 21.6 Å². The zero-order valence-corrected chi connectivity index (χ0v) is 19.0. The fraction of sp³-hybridized carbons (Fsp3) is 0.545. The van der Waals surface area contributed by atoms with Gasteiger partial charge in [0.05, 0.1) is 19.0 Å². The Kier molecular flexibility index (Phi) is 8.31. The number of nitrogen functional groups attached to an aromatic ring is 1. The van der Waals surface area contributed by atoms with Gasteiger partial charge in [0.2, 0.25) is 15.0 Å². The van der Waals surface area contributed by atoms with Crippen molar-refractivity contribution >= 4 is 42.1 Å². The van der Waals surface area contributed by atoms with Crippen LogP contribution in [-0.4, -0.2) is 64.6 Å². The van der Waals surface area contributed by atoms with Crippen LogP contribution in [0.3, 0.4) is 0 Å². The summed E-state index contributed by atoms with van der Waals surface area (Å²) in [7, 11) is -11.1. The number of anilines is 1. The summed E-state index contributed by atoms with van der Waals surface area (Å²) in [6.07, 6.45) is -0.707. The number of imidazole rings is 1. The summed E-state index contributed by atoms with van der Waals surface area (Å²) in [5, 5.41) is 3.29. The van der Waals surface area contributed by atoms with E-state index in [2.05, 4.69) is 33.6 Å². The molecular weight excluding hydrogens is 513 g/mol. The van der Waals surface area contributed by atoms with Crippen LogP contribution in [0.1, 0.15) is 12.6 Å². The molecule has 1 fully saturated rings. The summed E-state index contributed by atoms with van der Waals surface area (Å²) in [5.41, 5.74) is 13.7. The predicted octanol–water partition coefficient (Wildman–Crippen LogP) is -0.0445. The first kappa shape index (κ1) is 25.8. The third-order valence-corrected chi connectivity index (χ3v) is 7.26. The zero-order chi connectivity index (χ0) is 24.2. The molecule has 2 unspecified atom stereocenters. The summed E-state index contributed by atoms with van der Waals surface area (Å²) in [5.74, 6) is -0.126. The Morgan fingerprint density at radius 3 is 2.97 bits per heavy atom. The first-order valence-corrected chi connectivity index (χ1v) is 12.5. The third kappa shape index (κ3) is 7.09. The zero-order valence-electron chi connectivity index (χ0n) is 16.2. The number of nitrogens with zero attached hydrogens (tertiary/aromatic N) is 6. The Morgan fingerprint density at radius 1 is 1.52 bits per heavy atom. The van der Waals surface area contributed by atoms with Gasteiger partial charge in [0.1, 0.15) is 19.1 Å². The minimum Gasteiger partial charge on any atom is -0.369 e. The molecule has 0 spiro atoms. The van der Waals surface area contributed by atoms with E-state index >= 15 is 0 Å². The Labute approximate surface area is 185 Å². The molecule has 0 bridgehead atoms. The van der Waals surface area contributed by atoms with E-state index in [0.29, 0.717) is 0 Å². The molecule has 2 aromatic rings. The van der Waals surface area contributed by atoms with Gasteiger partial charge in [-0.1, -0.05) is 5.11 Å². The smallest absolute Gasteiger partial charge is 0.369 e. The van der Waals surface area contributed by atoms with E-state index in [1.165, 1.54) is 10.9 Å². The standard InChI is InChI=1S/C11H17N8O11P3/c12-11-16-9-8(10(20)17-11)14-3-19(9)7-1-5(26-4-15-18-13)6(28-7)2-27-31-29-33(24,25)30-32(21,22)23/h3,5-7,24-25,31H,1-2,4H2,(H4-,12,16,17,20,21,22,23)/p+1/t5?,6-,7-/m1/s1. The van der Waals surface area contributed by atoms with Crippen LogP contribution in [0.5, 0.6) is 0 Å². The highest BCUT2D eigenvalue weighted by Gasteiger charge is 2.48. The third-order valence-electron chi connectivity index (χ3n) is 4.03. The van der Waals surface area contributed by atoms with Crippen LogP contribution in [-0.2, 0) is 27.2 Å². The molecule has 33 heavy (non-hydrogen) atoms. The van der Waals surface area contributed by atoms with Crippen molar-refractivity contribution in [2.45, 2.75) is 24.9 Å². The summed E-state index contributed by atoms with van der Waals surface area (Å²) in [4.78, 5) is 60.9. The summed E-state index contributed by atoms with van der Waals surface area (Å²) < 4.78 is 36.8. The number of H-pyrrole nitrogens is 1. The van der Waals surface area contributed by atoms with E-state index in [4.69, 9.17) is 35.0 Å². The monoisotopic (exact) mass is 531 g/mol. The van der Waals surface area contributed by atoms with Gasteiger partial charge < -0.3 is 29.5 Å². The lowest BCUT2D eigenvalue weighted by Gasteiger charge is -2.18. The van der Waals surface area contributed by atoms with Crippen molar-refractivity contribution in [3.8, 4) is 0 Å². The number of aromatic nitrogens is 4. The van der Waals surface area contributed by atoms with Gasteiger partial charge in [0.25, 0.3) is 5.56 Å². The van der Waals surface area contributed by atoms with Crippen molar-refractivity contribution < 1.29 is 46.8 Å². The quantitative estimate of drug-likeness (QED) is 0.0729. The maximum Gasteiger partial charge on any atom is 0.585 e. The van der Waals surface area contributed by atoms with Crippen LogP contribution >= 0.6 is 25.0 Å². The van der Waals surface area contributed by atoms with Crippen LogP contribution in [0, 0.1) is 0 Å². The van der Waals surface area contributed by atoms with Gasteiger partial charge in [-0.15, -0.1) is 4.31 Å². The Morgan fingerprint density at radius 2 is 2.27 bits per heavy atom. The average molecular weight is 531 g/mol. The van der Waals surface area contributed by atoms with Crippen molar-refractivity contribution in [2.24, 2.45) is 5.11 Å². The van der Waals surface area contributed by atoms with Crippen molar-refractivity contribution in [1.29, 1.82) is 0 Å². The van der Waals surface area contributed by atoms with E-state index in [9.17, 15) is 19.1 Å². The molecule has 2 aromatic heterocycles. The number of rotatable bonds is 11. The minimum absolute atomic E-state index is 0.0326. The second-order valence-electron chi connectivity index (χ2n) is 6.25. The van der Waals surface area contributed by atoms with Gasteiger partial charge in [-0.05, 0) is 9.84 Å². The minimum atomic E-state index is -5.20. The Hall–Kier alpha value is -1.81. The molecule has 1 aliphatic rings. The first-order chi connectivity index (χ1) is 15.5. The maximum atomic E-state index is 12.0. The second-order valence-corrected chi connectivity index (χ2v) is 10.1. The molecule has 0 saturated carbocycles. The van der Waals surface area contributed by atoms with Gasteiger partial charge in [-0.2, -0.15) is 14.8 Å². The lowest BCUT2D eigenvalue weighted by molar-refractivity contribution is -0.0538. The molecule has 22 heteroatoms. The number of hydrogen-bond donors (Lipinski definition) is 6. The number of nitrogens with one attached hydrogen (secondary N) is 1. The number of ether oxygens (including phenoxy) is 2. The molecule has 0 aromatic carbocycles. The van der Waals surface area contributed by atoms with Gasteiger partial charge in [-0.3, -0.25) is 14.3 Å². The highest BCUT2D eigenvalue weighted by molar-refractivity contribution is 7.67. The van der Waals surface area contributed by atoms with Crippen molar-refractivity contribution in [2.75, 3.05) is 19.1 Å². The van der Waals surface area contributed by atoms with E-state index in [-0.39, 0.29) is 36.9 Å². The van der Waals surface area contributed by atoms with E-state index in [1.807, 2.05) is 0 Å². The fourth-order valence-corrected chi connectivity index (χ4v) is 5.22. The molecule has 3 heterocycles. The molecule has 3 rings (SSSR count). The van der Waals surface area contributed by atoms with Gasteiger partial charge in [-0.25, -0.2) is 9.55 Å². The maximum absolute atomic E-state index is 12.0. The summed E-state index contributed by atoms with van der Waals surface area (Å²) in [6, 6.07) is 0. The molecule has 182 valence electrons. The predicted molar refractivity (Wildman–Crippen MR) is 110 cm³/mol. The van der Waals surface area contributed by atoms with Gasteiger partial charge >= 0.3 is 16.0 Å². The SMILES string of the molecule is [N-]=[N+]=NCOC1C[C@H](n2cnc3c(=O)[nH]c(N)nc32)O[C@@H]1COPO[P+](O)(O)OP(=O)(O)O.